The number of hydrogen-bond donors (Lipinski definition) is 2. The van der Waals surface area contributed by atoms with Crippen molar-refractivity contribution >= 4 is 10.0 Å². The Labute approximate surface area is 114 Å². The van der Waals surface area contributed by atoms with E-state index in [-0.39, 0.29) is 18.9 Å². The third-order valence-electron chi connectivity index (χ3n) is 2.66. The first-order chi connectivity index (χ1) is 9.03. The minimum Gasteiger partial charge on any atom is -0.391 e. The summed E-state index contributed by atoms with van der Waals surface area (Å²) >= 11 is 0. The summed E-state index contributed by atoms with van der Waals surface area (Å²) in [5, 5.41) is 9.39. The average Bonchev–Trinajstić information content (AvgIpc) is 2.38. The molecular formula is C13H21NO4S. The van der Waals surface area contributed by atoms with Crippen LogP contribution in [0.1, 0.15) is 12.0 Å². The zero-order valence-corrected chi connectivity index (χ0v) is 11.9. The molecule has 1 atom stereocenters. The fourth-order valence-electron chi connectivity index (χ4n) is 1.63. The first-order valence-electron chi connectivity index (χ1n) is 6.22. The molecule has 0 amide bonds. The van der Waals surface area contributed by atoms with E-state index in [1.807, 2.05) is 30.3 Å². The van der Waals surface area contributed by atoms with E-state index >= 15 is 0 Å². The Balaban J connectivity index is 2.28. The van der Waals surface area contributed by atoms with Crippen LogP contribution in [0, 0.1) is 0 Å². The van der Waals surface area contributed by atoms with Gasteiger partial charge in [0, 0.05) is 13.7 Å². The van der Waals surface area contributed by atoms with Crippen molar-refractivity contribution in [2.24, 2.45) is 0 Å². The fraction of sp³-hybridized carbons (Fsp3) is 0.538. The smallest absolute Gasteiger partial charge is 0.211 e. The van der Waals surface area contributed by atoms with Crippen molar-refractivity contribution in [3.63, 3.8) is 0 Å². The van der Waals surface area contributed by atoms with Crippen molar-refractivity contribution in [2.45, 2.75) is 18.9 Å². The fourth-order valence-corrected chi connectivity index (χ4v) is 2.70. The zero-order valence-electron chi connectivity index (χ0n) is 11.1. The predicted molar refractivity (Wildman–Crippen MR) is 74.4 cm³/mol. The topological polar surface area (TPSA) is 75.6 Å². The van der Waals surface area contributed by atoms with E-state index in [9.17, 15) is 13.5 Å². The Morgan fingerprint density at radius 3 is 2.63 bits per heavy atom. The molecule has 1 unspecified atom stereocenters. The van der Waals surface area contributed by atoms with Gasteiger partial charge in [0.15, 0.2) is 0 Å². The van der Waals surface area contributed by atoms with Gasteiger partial charge in [0.2, 0.25) is 10.0 Å². The monoisotopic (exact) mass is 287 g/mol. The first kappa shape index (κ1) is 16.1. The number of aliphatic hydroxyl groups is 1. The maximum absolute atomic E-state index is 11.7. The highest BCUT2D eigenvalue weighted by Crippen LogP contribution is 2.01. The lowest BCUT2D eigenvalue weighted by molar-refractivity contribution is 0.0603. The van der Waals surface area contributed by atoms with Gasteiger partial charge in [0.1, 0.15) is 0 Å². The molecule has 0 spiro atoms. The largest absolute Gasteiger partial charge is 0.391 e. The van der Waals surface area contributed by atoms with Crippen LogP contribution in [-0.2, 0) is 21.2 Å². The van der Waals surface area contributed by atoms with E-state index < -0.39 is 16.1 Å². The number of sulfonamides is 1. The van der Waals surface area contributed by atoms with E-state index in [0.29, 0.717) is 12.8 Å². The van der Waals surface area contributed by atoms with Gasteiger partial charge in [-0.2, -0.15) is 0 Å². The first-order valence-corrected chi connectivity index (χ1v) is 7.87. The number of aliphatic hydroxyl groups excluding tert-OH is 1. The molecule has 0 aliphatic heterocycles. The van der Waals surface area contributed by atoms with E-state index in [1.54, 1.807) is 0 Å². The molecular weight excluding hydrogens is 266 g/mol. The highest BCUT2D eigenvalue weighted by atomic mass is 32.2. The second-order valence-corrected chi connectivity index (χ2v) is 6.27. The molecule has 0 aromatic heterocycles. The van der Waals surface area contributed by atoms with Crippen LogP contribution in [0.2, 0.25) is 0 Å². The Hall–Kier alpha value is -0.950. The van der Waals surface area contributed by atoms with Gasteiger partial charge in [-0.25, -0.2) is 13.1 Å². The average molecular weight is 287 g/mol. The molecule has 108 valence electrons. The zero-order chi connectivity index (χ0) is 14.1. The molecule has 0 radical (unpaired) electrons. The van der Waals surface area contributed by atoms with Crippen LogP contribution in [0.25, 0.3) is 0 Å². The number of hydrogen-bond acceptors (Lipinski definition) is 4. The van der Waals surface area contributed by atoms with Crippen LogP contribution in [-0.4, -0.2) is 45.6 Å². The lowest BCUT2D eigenvalue weighted by atomic mass is 10.2. The molecule has 0 heterocycles. The second kappa shape index (κ2) is 8.27. The summed E-state index contributed by atoms with van der Waals surface area (Å²) in [6.07, 6.45) is 0.191. The minimum absolute atomic E-state index is 0.0530. The van der Waals surface area contributed by atoms with Gasteiger partial charge in [-0.3, -0.25) is 0 Å². The number of methoxy groups -OCH3 is 1. The summed E-state index contributed by atoms with van der Waals surface area (Å²) in [6, 6.07) is 9.47. The van der Waals surface area contributed by atoms with Crippen molar-refractivity contribution in [3.05, 3.63) is 35.9 Å². The van der Waals surface area contributed by atoms with Gasteiger partial charge in [-0.1, -0.05) is 30.3 Å². The van der Waals surface area contributed by atoms with Crippen LogP contribution in [0.3, 0.4) is 0 Å². The maximum atomic E-state index is 11.7. The minimum atomic E-state index is -3.29. The SMILES string of the molecule is COCC(O)CCNS(=O)(=O)CCc1ccccc1. The number of aryl methyl sites for hydroxylation is 1. The van der Waals surface area contributed by atoms with Crippen LogP contribution in [0.4, 0.5) is 0 Å². The molecule has 0 aliphatic carbocycles. The summed E-state index contributed by atoms with van der Waals surface area (Å²) < 4.78 is 30.7. The lowest BCUT2D eigenvalue weighted by Crippen LogP contribution is -2.31. The van der Waals surface area contributed by atoms with Crippen LogP contribution in [0.15, 0.2) is 30.3 Å². The van der Waals surface area contributed by atoms with E-state index in [2.05, 4.69) is 4.72 Å². The standard InChI is InChI=1S/C13H21NO4S/c1-18-11-13(15)7-9-14-19(16,17)10-8-12-5-3-2-4-6-12/h2-6,13-15H,7-11H2,1H3. The van der Waals surface area contributed by atoms with Gasteiger partial charge in [0.05, 0.1) is 18.5 Å². The van der Waals surface area contributed by atoms with Crippen LogP contribution >= 0.6 is 0 Å². The van der Waals surface area contributed by atoms with Gasteiger partial charge < -0.3 is 9.84 Å². The molecule has 0 saturated heterocycles. The van der Waals surface area contributed by atoms with Gasteiger partial charge >= 0.3 is 0 Å². The molecule has 1 rings (SSSR count). The van der Waals surface area contributed by atoms with E-state index in [1.165, 1.54) is 7.11 Å². The van der Waals surface area contributed by atoms with E-state index in [0.717, 1.165) is 5.56 Å². The van der Waals surface area contributed by atoms with Crippen molar-refractivity contribution in [1.82, 2.24) is 4.72 Å². The molecule has 0 aliphatic rings. The number of ether oxygens (including phenoxy) is 1. The van der Waals surface area contributed by atoms with Crippen molar-refractivity contribution < 1.29 is 18.3 Å². The summed E-state index contributed by atoms with van der Waals surface area (Å²) in [4.78, 5) is 0. The molecule has 19 heavy (non-hydrogen) atoms. The van der Waals surface area contributed by atoms with Gasteiger partial charge in [-0.15, -0.1) is 0 Å². The van der Waals surface area contributed by atoms with E-state index in [4.69, 9.17) is 4.74 Å². The van der Waals surface area contributed by atoms with Gasteiger partial charge in [0.25, 0.3) is 0 Å². The Kier molecular flexibility index (Phi) is 7.01. The second-order valence-electron chi connectivity index (χ2n) is 4.35. The summed E-state index contributed by atoms with van der Waals surface area (Å²) in [5.74, 6) is 0.0530. The normalized spacial score (nSPS) is 13.4. The summed E-state index contributed by atoms with van der Waals surface area (Å²) in [7, 11) is -1.80. The molecule has 6 heteroatoms. The summed E-state index contributed by atoms with van der Waals surface area (Å²) in [6.45, 7) is 0.438. The third kappa shape index (κ3) is 7.27. The molecule has 2 N–H and O–H groups in total. The van der Waals surface area contributed by atoms with Crippen molar-refractivity contribution in [2.75, 3.05) is 26.0 Å². The van der Waals surface area contributed by atoms with Crippen molar-refractivity contribution in [3.8, 4) is 0 Å². The number of benzene rings is 1. The highest BCUT2D eigenvalue weighted by Gasteiger charge is 2.11. The van der Waals surface area contributed by atoms with Crippen molar-refractivity contribution in [1.29, 1.82) is 0 Å². The highest BCUT2D eigenvalue weighted by molar-refractivity contribution is 7.89. The van der Waals surface area contributed by atoms with Crippen LogP contribution < -0.4 is 4.72 Å². The Bertz CT molecular complexity index is 447. The Morgan fingerprint density at radius 1 is 1.32 bits per heavy atom. The molecule has 1 aromatic rings. The number of nitrogens with one attached hydrogen (secondary N) is 1. The molecule has 0 saturated carbocycles. The Morgan fingerprint density at radius 2 is 2.00 bits per heavy atom. The molecule has 0 fully saturated rings. The predicted octanol–water partition coefficient (Wildman–Crippen LogP) is 0.546. The molecule has 5 nitrogen and oxygen atoms in total. The quantitative estimate of drug-likeness (QED) is 0.695. The third-order valence-corrected chi connectivity index (χ3v) is 4.05. The summed E-state index contributed by atoms with van der Waals surface area (Å²) in [5.41, 5.74) is 0.993. The van der Waals surface area contributed by atoms with Gasteiger partial charge in [-0.05, 0) is 18.4 Å². The molecule has 1 aromatic carbocycles. The van der Waals surface area contributed by atoms with Crippen LogP contribution in [0.5, 0.6) is 0 Å². The number of rotatable bonds is 9. The lowest BCUT2D eigenvalue weighted by Gasteiger charge is -2.10. The maximum Gasteiger partial charge on any atom is 0.211 e. The molecule has 0 bridgehead atoms.